The number of carbonyl (C=O) groups is 2. The van der Waals surface area contributed by atoms with Gasteiger partial charge in [-0.1, -0.05) is 13.3 Å². The zero-order valence-electron chi connectivity index (χ0n) is 15.6. The van der Waals surface area contributed by atoms with Gasteiger partial charge < -0.3 is 30.9 Å². The van der Waals surface area contributed by atoms with Gasteiger partial charge in [0.05, 0.1) is 11.6 Å². The molecule has 0 aliphatic carbocycles. The van der Waals surface area contributed by atoms with E-state index in [1.807, 2.05) is 6.92 Å². The minimum Gasteiger partial charge on any atom is -0.506 e. The minimum atomic E-state index is -2.56. The Morgan fingerprint density at radius 3 is 2.86 bits per heavy atom. The lowest BCUT2D eigenvalue weighted by Crippen LogP contribution is -2.70. The number of hydrogen-bond donors (Lipinski definition) is 6. The number of carbonyl (C=O) groups excluding carboxylic acids is 2. The maximum Gasteiger partial charge on any atom is 0.322 e. The molecular weight excluding hydrogens is 368 g/mol. The van der Waals surface area contributed by atoms with Gasteiger partial charge in [-0.2, -0.15) is 5.26 Å². The third-order valence-electron chi connectivity index (χ3n) is 5.50. The number of rotatable bonds is 4. The maximum absolute atomic E-state index is 12.3. The van der Waals surface area contributed by atoms with Gasteiger partial charge in [0.15, 0.2) is 0 Å². The Kier molecular flexibility index (Phi) is 5.10. The van der Waals surface area contributed by atoms with Crippen LogP contribution in [0.5, 0.6) is 0 Å². The summed E-state index contributed by atoms with van der Waals surface area (Å²) < 4.78 is 0. The fourth-order valence-electron chi connectivity index (χ4n) is 4.17. The van der Waals surface area contributed by atoms with E-state index in [-0.39, 0.29) is 24.0 Å². The van der Waals surface area contributed by atoms with Gasteiger partial charge in [0.1, 0.15) is 30.2 Å². The van der Waals surface area contributed by atoms with Gasteiger partial charge in [-0.25, -0.2) is 4.79 Å². The van der Waals surface area contributed by atoms with E-state index in [4.69, 9.17) is 5.26 Å². The Labute approximate surface area is 161 Å². The molecule has 11 heteroatoms. The first-order valence-electron chi connectivity index (χ1n) is 9.04. The number of nitrogens with zero attached hydrogens (tertiary/aromatic N) is 3. The van der Waals surface area contributed by atoms with Crippen LogP contribution < -0.4 is 16.0 Å². The van der Waals surface area contributed by atoms with Crippen LogP contribution in [0.25, 0.3) is 0 Å². The summed E-state index contributed by atoms with van der Waals surface area (Å²) in [4.78, 5) is 26.6. The highest BCUT2D eigenvalue weighted by Crippen LogP contribution is 2.37. The molecule has 3 unspecified atom stereocenters. The van der Waals surface area contributed by atoms with E-state index in [1.54, 1.807) is 13.1 Å². The lowest BCUT2D eigenvalue weighted by Gasteiger charge is -2.52. The first-order valence-corrected chi connectivity index (χ1v) is 9.04. The third-order valence-corrected chi connectivity index (χ3v) is 5.50. The molecule has 0 saturated carbocycles. The van der Waals surface area contributed by atoms with E-state index < -0.39 is 36.5 Å². The van der Waals surface area contributed by atoms with Crippen LogP contribution in [-0.2, 0) is 4.79 Å². The van der Waals surface area contributed by atoms with Crippen molar-refractivity contribution >= 4 is 11.9 Å². The maximum atomic E-state index is 12.3. The van der Waals surface area contributed by atoms with Gasteiger partial charge in [0, 0.05) is 19.8 Å². The summed E-state index contributed by atoms with van der Waals surface area (Å²) in [6.45, 7) is 2.00. The highest BCUT2D eigenvalue weighted by Gasteiger charge is 2.53. The van der Waals surface area contributed by atoms with Crippen LogP contribution in [0.4, 0.5) is 4.79 Å². The van der Waals surface area contributed by atoms with Gasteiger partial charge in [-0.05, 0) is 12.3 Å². The molecule has 152 valence electrons. The van der Waals surface area contributed by atoms with Crippen molar-refractivity contribution in [2.24, 2.45) is 5.92 Å². The second kappa shape index (κ2) is 7.21. The standard InChI is InChI=1S/C17H24N6O5/c1-3-9-5-7-23(11(25)4-6-18)17(27,28)13(9)22(2)15-12-10(24)8-19-14(12)20-16(26)21-15/h8-9,13-14,19,24,27-28H,3-5,7H2,1-2H3,(H2,20,21,26). The molecule has 0 radical (unpaired) electrons. The summed E-state index contributed by atoms with van der Waals surface area (Å²) in [6.07, 6.45) is 1.30. The topological polar surface area (TPSA) is 161 Å². The van der Waals surface area contributed by atoms with E-state index in [0.29, 0.717) is 18.4 Å². The van der Waals surface area contributed by atoms with Crippen LogP contribution in [0.2, 0.25) is 0 Å². The highest BCUT2D eigenvalue weighted by molar-refractivity contribution is 5.80. The summed E-state index contributed by atoms with van der Waals surface area (Å²) >= 11 is 0. The van der Waals surface area contributed by atoms with Gasteiger partial charge in [-0.3, -0.25) is 15.0 Å². The van der Waals surface area contributed by atoms with Crippen LogP contribution in [-0.4, -0.2) is 68.8 Å². The number of fused-ring (bicyclic) bond motifs is 1. The molecule has 1 saturated heterocycles. The summed E-state index contributed by atoms with van der Waals surface area (Å²) in [5.74, 6) is -3.35. The molecule has 0 aromatic carbocycles. The Bertz CT molecular complexity index is 785. The zero-order chi connectivity index (χ0) is 20.6. The number of likely N-dealkylation sites (N-methyl/N-ethyl adjacent to an activating group) is 1. The average Bonchev–Trinajstić information content (AvgIpc) is 3.00. The number of likely N-dealkylation sites (tertiary alicyclic amines) is 1. The molecule has 0 bridgehead atoms. The van der Waals surface area contributed by atoms with Gasteiger partial charge in [-0.15, -0.1) is 0 Å². The summed E-state index contributed by atoms with van der Waals surface area (Å²) in [6, 6.07) is 0.211. The number of aliphatic hydroxyl groups is 3. The average molecular weight is 392 g/mol. The fraction of sp³-hybridized carbons (Fsp3) is 0.588. The van der Waals surface area contributed by atoms with Crippen molar-refractivity contribution in [2.45, 2.75) is 44.3 Å². The van der Waals surface area contributed by atoms with E-state index in [0.717, 1.165) is 4.90 Å². The number of amides is 3. The normalized spacial score (nSPS) is 28.4. The third kappa shape index (κ3) is 3.10. The van der Waals surface area contributed by atoms with Gasteiger partial charge in [0.25, 0.3) is 5.91 Å². The first-order chi connectivity index (χ1) is 13.2. The van der Waals surface area contributed by atoms with Crippen LogP contribution in [0.3, 0.4) is 0 Å². The predicted octanol–water partition coefficient (Wildman–Crippen LogP) is -1.05. The molecule has 11 nitrogen and oxygen atoms in total. The second-order valence-corrected chi connectivity index (χ2v) is 7.07. The number of hydrogen-bond acceptors (Lipinski definition) is 8. The largest absolute Gasteiger partial charge is 0.506 e. The fourth-order valence-corrected chi connectivity index (χ4v) is 4.17. The molecule has 28 heavy (non-hydrogen) atoms. The number of nitrogens with one attached hydrogen (secondary N) is 3. The van der Waals surface area contributed by atoms with Gasteiger partial charge in [0.2, 0.25) is 5.91 Å². The lowest BCUT2D eigenvalue weighted by atomic mass is 9.84. The molecule has 0 aromatic rings. The van der Waals surface area contributed by atoms with E-state index in [9.17, 15) is 24.9 Å². The molecule has 3 rings (SSSR count). The summed E-state index contributed by atoms with van der Waals surface area (Å²) in [7, 11) is 1.56. The van der Waals surface area contributed by atoms with Crippen molar-refractivity contribution in [1.29, 1.82) is 5.26 Å². The zero-order valence-corrected chi connectivity index (χ0v) is 15.6. The van der Waals surface area contributed by atoms with E-state index in [2.05, 4.69) is 16.0 Å². The number of aliphatic hydroxyl groups excluding tert-OH is 1. The van der Waals surface area contributed by atoms with Crippen molar-refractivity contribution < 1.29 is 24.9 Å². The number of urea groups is 1. The van der Waals surface area contributed by atoms with Crippen LogP contribution in [0.15, 0.2) is 23.4 Å². The molecule has 3 amide bonds. The monoisotopic (exact) mass is 392 g/mol. The molecule has 0 aromatic heterocycles. The Morgan fingerprint density at radius 1 is 1.50 bits per heavy atom. The Hall–Kier alpha value is -2.97. The van der Waals surface area contributed by atoms with Gasteiger partial charge >= 0.3 is 6.03 Å². The SMILES string of the molecule is CCC1CCN(C(=O)CC#N)C(O)(O)C1N(C)C1=C2C(O)=CNC2NC(=O)N1. The molecule has 3 atom stereocenters. The minimum absolute atomic E-state index is 0.0953. The molecule has 1 fully saturated rings. The van der Waals surface area contributed by atoms with Crippen molar-refractivity contribution in [2.75, 3.05) is 13.6 Å². The van der Waals surface area contributed by atoms with Crippen molar-refractivity contribution in [3.63, 3.8) is 0 Å². The second-order valence-electron chi connectivity index (χ2n) is 7.07. The Balaban J connectivity index is 2.01. The molecule has 3 aliphatic heterocycles. The number of piperidine rings is 1. The predicted molar refractivity (Wildman–Crippen MR) is 95.4 cm³/mol. The van der Waals surface area contributed by atoms with Crippen molar-refractivity contribution in [3.8, 4) is 6.07 Å². The molecule has 3 aliphatic rings. The van der Waals surface area contributed by atoms with Crippen LogP contribution in [0, 0.1) is 17.2 Å². The smallest absolute Gasteiger partial charge is 0.322 e. The molecule has 0 spiro atoms. The van der Waals surface area contributed by atoms with E-state index >= 15 is 0 Å². The molecular formula is C17H24N6O5. The molecule has 3 heterocycles. The Morgan fingerprint density at radius 2 is 2.21 bits per heavy atom. The quantitative estimate of drug-likeness (QED) is 0.330. The van der Waals surface area contributed by atoms with Crippen molar-refractivity contribution in [3.05, 3.63) is 23.4 Å². The lowest BCUT2D eigenvalue weighted by molar-refractivity contribution is -0.306. The van der Waals surface area contributed by atoms with E-state index in [1.165, 1.54) is 11.1 Å². The van der Waals surface area contributed by atoms with Crippen LogP contribution in [0.1, 0.15) is 26.2 Å². The number of nitriles is 1. The van der Waals surface area contributed by atoms with Crippen molar-refractivity contribution in [1.82, 2.24) is 25.8 Å². The summed E-state index contributed by atoms with van der Waals surface area (Å²) in [5, 5.41) is 48.9. The first kappa shape index (κ1) is 19.8. The summed E-state index contributed by atoms with van der Waals surface area (Å²) in [5.41, 5.74) is 0.355. The van der Waals surface area contributed by atoms with Crippen LogP contribution >= 0.6 is 0 Å². The highest BCUT2D eigenvalue weighted by atomic mass is 16.5. The molecule has 6 N–H and O–H groups in total.